The van der Waals surface area contributed by atoms with Gasteiger partial charge in [0.1, 0.15) is 0 Å². The zero-order valence-electron chi connectivity index (χ0n) is 7.94. The minimum atomic E-state index is -0.334. The smallest absolute Gasteiger partial charge is 0.0753 e. The van der Waals surface area contributed by atoms with Gasteiger partial charge in [0.05, 0.1) is 11.8 Å². The molecule has 0 saturated carbocycles. The van der Waals surface area contributed by atoms with Crippen LogP contribution in [0.1, 0.15) is 25.6 Å². The van der Waals surface area contributed by atoms with Crippen LogP contribution in [0.3, 0.4) is 0 Å². The van der Waals surface area contributed by atoms with Crippen LogP contribution in [0.5, 0.6) is 0 Å². The normalized spacial score (nSPS) is 15.3. The molecule has 2 unspecified atom stereocenters. The second-order valence-corrected chi connectivity index (χ2v) is 3.11. The molecule has 1 aromatic heterocycles. The highest BCUT2D eigenvalue weighted by Gasteiger charge is 2.06. The fraction of sp³-hybridized carbons (Fsp3) is 0.556. The highest BCUT2D eigenvalue weighted by atomic mass is 16.3. The molecule has 4 nitrogen and oxygen atoms in total. The van der Waals surface area contributed by atoms with Crippen molar-refractivity contribution in [3.05, 3.63) is 24.3 Å². The van der Waals surface area contributed by atoms with Crippen LogP contribution in [0.2, 0.25) is 0 Å². The molecule has 2 N–H and O–H groups in total. The van der Waals surface area contributed by atoms with E-state index in [4.69, 9.17) is 5.11 Å². The Bertz CT molecular complexity index is 238. The minimum Gasteiger partial charge on any atom is -0.392 e. The van der Waals surface area contributed by atoms with E-state index in [1.54, 1.807) is 25.5 Å². The monoisotopic (exact) mass is 181 g/mol. The van der Waals surface area contributed by atoms with E-state index >= 15 is 0 Å². The summed E-state index contributed by atoms with van der Waals surface area (Å²) < 4.78 is 0. The van der Waals surface area contributed by atoms with Crippen molar-refractivity contribution in [2.45, 2.75) is 26.0 Å². The van der Waals surface area contributed by atoms with Crippen molar-refractivity contribution < 1.29 is 5.11 Å². The number of aliphatic hydroxyl groups excluding tert-OH is 1. The van der Waals surface area contributed by atoms with Crippen molar-refractivity contribution in [3.63, 3.8) is 0 Å². The summed E-state index contributed by atoms with van der Waals surface area (Å²) in [5.74, 6) is 0. The Kier molecular flexibility index (Phi) is 3.79. The maximum atomic E-state index is 9.05. The zero-order valence-corrected chi connectivity index (χ0v) is 7.94. The summed E-state index contributed by atoms with van der Waals surface area (Å²) in [4.78, 5) is 8.12. The van der Waals surface area contributed by atoms with E-state index in [9.17, 15) is 0 Å². The van der Waals surface area contributed by atoms with Gasteiger partial charge in [0.15, 0.2) is 0 Å². The molecule has 0 radical (unpaired) electrons. The SMILES string of the molecule is CC(O)CNC(C)c1cnccn1. The van der Waals surface area contributed by atoms with Gasteiger partial charge in [0.25, 0.3) is 0 Å². The summed E-state index contributed by atoms with van der Waals surface area (Å²) in [6.45, 7) is 4.31. The number of nitrogens with zero attached hydrogens (tertiary/aromatic N) is 2. The third-order valence-electron chi connectivity index (χ3n) is 1.75. The molecule has 72 valence electrons. The molecule has 0 saturated heterocycles. The van der Waals surface area contributed by atoms with Crippen LogP contribution >= 0.6 is 0 Å². The van der Waals surface area contributed by atoms with Gasteiger partial charge in [-0.1, -0.05) is 0 Å². The van der Waals surface area contributed by atoms with E-state index in [1.807, 2.05) is 6.92 Å². The Labute approximate surface area is 78.0 Å². The molecule has 0 bridgehead atoms. The third kappa shape index (κ3) is 3.48. The third-order valence-corrected chi connectivity index (χ3v) is 1.75. The Morgan fingerprint density at radius 3 is 2.77 bits per heavy atom. The van der Waals surface area contributed by atoms with Crippen molar-refractivity contribution in [3.8, 4) is 0 Å². The first-order chi connectivity index (χ1) is 6.20. The van der Waals surface area contributed by atoms with Gasteiger partial charge in [-0.3, -0.25) is 9.97 Å². The first-order valence-electron chi connectivity index (χ1n) is 4.37. The Morgan fingerprint density at radius 1 is 1.46 bits per heavy atom. The number of aliphatic hydroxyl groups is 1. The summed E-state index contributed by atoms with van der Waals surface area (Å²) in [6.07, 6.45) is 4.69. The molecule has 1 aromatic rings. The van der Waals surface area contributed by atoms with E-state index < -0.39 is 0 Å². The molecule has 2 atom stereocenters. The molecule has 0 aromatic carbocycles. The molecule has 0 spiro atoms. The van der Waals surface area contributed by atoms with Gasteiger partial charge in [-0.2, -0.15) is 0 Å². The molecule has 0 fully saturated rings. The summed E-state index contributed by atoms with van der Waals surface area (Å²) in [6, 6.07) is 0.128. The van der Waals surface area contributed by atoms with Crippen LogP contribution in [0.15, 0.2) is 18.6 Å². The lowest BCUT2D eigenvalue weighted by molar-refractivity contribution is 0.187. The molecular weight excluding hydrogens is 166 g/mol. The molecule has 1 heterocycles. The fourth-order valence-electron chi connectivity index (χ4n) is 0.986. The molecular formula is C9H15N3O. The lowest BCUT2D eigenvalue weighted by atomic mass is 10.2. The van der Waals surface area contributed by atoms with Gasteiger partial charge in [0, 0.05) is 31.2 Å². The average molecular weight is 181 g/mol. The van der Waals surface area contributed by atoms with Crippen LogP contribution < -0.4 is 5.32 Å². The van der Waals surface area contributed by atoms with Gasteiger partial charge in [0.2, 0.25) is 0 Å². The topological polar surface area (TPSA) is 58.0 Å². The standard InChI is InChI=1S/C9H15N3O/c1-7(13)5-12-8(2)9-6-10-3-4-11-9/h3-4,6-8,12-13H,5H2,1-2H3. The fourth-order valence-corrected chi connectivity index (χ4v) is 0.986. The second kappa shape index (κ2) is 4.89. The maximum absolute atomic E-state index is 9.05. The van der Waals surface area contributed by atoms with Gasteiger partial charge < -0.3 is 10.4 Å². The van der Waals surface area contributed by atoms with Gasteiger partial charge in [-0.15, -0.1) is 0 Å². The zero-order chi connectivity index (χ0) is 9.68. The summed E-state index contributed by atoms with van der Waals surface area (Å²) in [5.41, 5.74) is 0.892. The second-order valence-electron chi connectivity index (χ2n) is 3.11. The van der Waals surface area contributed by atoms with Crippen LogP contribution in [-0.2, 0) is 0 Å². The maximum Gasteiger partial charge on any atom is 0.0753 e. The lowest BCUT2D eigenvalue weighted by Crippen LogP contribution is -2.27. The van der Waals surface area contributed by atoms with E-state index in [2.05, 4.69) is 15.3 Å². The molecule has 4 heteroatoms. The number of nitrogens with one attached hydrogen (secondary N) is 1. The first kappa shape index (κ1) is 10.1. The molecule has 0 aliphatic rings. The van der Waals surface area contributed by atoms with E-state index in [0.29, 0.717) is 6.54 Å². The molecule has 0 aliphatic heterocycles. The van der Waals surface area contributed by atoms with Gasteiger partial charge >= 0.3 is 0 Å². The predicted molar refractivity (Wildman–Crippen MR) is 50.1 cm³/mol. The summed E-state index contributed by atoms with van der Waals surface area (Å²) in [7, 11) is 0. The number of rotatable bonds is 4. The molecule has 0 aliphatic carbocycles. The minimum absolute atomic E-state index is 0.128. The van der Waals surface area contributed by atoms with Gasteiger partial charge in [-0.25, -0.2) is 0 Å². The van der Waals surface area contributed by atoms with Crippen molar-refractivity contribution in [1.82, 2.24) is 15.3 Å². The van der Waals surface area contributed by atoms with E-state index in [0.717, 1.165) is 5.69 Å². The van der Waals surface area contributed by atoms with Crippen molar-refractivity contribution in [2.24, 2.45) is 0 Å². The van der Waals surface area contributed by atoms with E-state index in [1.165, 1.54) is 0 Å². The first-order valence-corrected chi connectivity index (χ1v) is 4.37. The van der Waals surface area contributed by atoms with Crippen LogP contribution in [0.4, 0.5) is 0 Å². The van der Waals surface area contributed by atoms with Crippen LogP contribution in [0.25, 0.3) is 0 Å². The number of hydrogen-bond acceptors (Lipinski definition) is 4. The van der Waals surface area contributed by atoms with Crippen molar-refractivity contribution in [2.75, 3.05) is 6.54 Å². The Morgan fingerprint density at radius 2 is 2.23 bits per heavy atom. The van der Waals surface area contributed by atoms with Gasteiger partial charge in [-0.05, 0) is 13.8 Å². The molecule has 13 heavy (non-hydrogen) atoms. The quantitative estimate of drug-likeness (QED) is 0.710. The number of hydrogen-bond donors (Lipinski definition) is 2. The highest BCUT2D eigenvalue weighted by molar-refractivity contribution is 5.00. The summed E-state index contributed by atoms with van der Waals surface area (Å²) in [5, 5.41) is 12.2. The van der Waals surface area contributed by atoms with E-state index in [-0.39, 0.29) is 12.1 Å². The Hall–Kier alpha value is -1.00. The molecule has 0 amide bonds. The lowest BCUT2D eigenvalue weighted by Gasteiger charge is -2.13. The van der Waals surface area contributed by atoms with Crippen LogP contribution in [0, 0.1) is 0 Å². The predicted octanol–water partition coefficient (Wildman–Crippen LogP) is 0.508. The van der Waals surface area contributed by atoms with Crippen molar-refractivity contribution >= 4 is 0 Å². The van der Waals surface area contributed by atoms with Crippen LogP contribution in [-0.4, -0.2) is 27.7 Å². The largest absolute Gasteiger partial charge is 0.392 e. The number of aromatic nitrogens is 2. The van der Waals surface area contributed by atoms with Crippen molar-refractivity contribution in [1.29, 1.82) is 0 Å². The molecule has 1 rings (SSSR count). The summed E-state index contributed by atoms with van der Waals surface area (Å²) >= 11 is 0. The highest BCUT2D eigenvalue weighted by Crippen LogP contribution is 2.05. The Balaban J connectivity index is 2.44. The average Bonchev–Trinajstić information content (AvgIpc) is 2.15.